The SMILES string of the molecule is Cc1c(C(=O)NCCc2ccccc2)[nH]c2cc(Cl)ccc12. The Balaban J connectivity index is 1.71. The van der Waals surface area contributed by atoms with E-state index in [4.69, 9.17) is 11.6 Å². The summed E-state index contributed by atoms with van der Waals surface area (Å²) in [6, 6.07) is 15.7. The van der Waals surface area contributed by atoms with Gasteiger partial charge in [0.15, 0.2) is 0 Å². The van der Waals surface area contributed by atoms with Crippen molar-refractivity contribution in [2.75, 3.05) is 6.54 Å². The standard InChI is InChI=1S/C18H17ClN2O/c1-12-15-8-7-14(19)11-16(15)21-17(12)18(22)20-10-9-13-5-3-2-4-6-13/h2-8,11,21H,9-10H2,1H3,(H,20,22). The summed E-state index contributed by atoms with van der Waals surface area (Å²) >= 11 is 5.99. The number of hydrogen-bond donors (Lipinski definition) is 2. The first-order valence-corrected chi connectivity index (χ1v) is 7.63. The van der Waals surface area contributed by atoms with E-state index in [-0.39, 0.29) is 5.91 Å². The van der Waals surface area contributed by atoms with Crippen LogP contribution in [0.15, 0.2) is 48.5 Å². The average Bonchev–Trinajstić information content (AvgIpc) is 2.84. The van der Waals surface area contributed by atoms with Gasteiger partial charge in [0, 0.05) is 22.5 Å². The van der Waals surface area contributed by atoms with Gasteiger partial charge in [-0.15, -0.1) is 0 Å². The van der Waals surface area contributed by atoms with Crippen LogP contribution < -0.4 is 5.32 Å². The fraction of sp³-hybridized carbons (Fsp3) is 0.167. The third-order valence-corrected chi connectivity index (χ3v) is 4.02. The summed E-state index contributed by atoms with van der Waals surface area (Å²) in [5.74, 6) is -0.0826. The van der Waals surface area contributed by atoms with Crippen molar-refractivity contribution in [3.8, 4) is 0 Å². The molecule has 0 bridgehead atoms. The summed E-state index contributed by atoms with van der Waals surface area (Å²) < 4.78 is 0. The van der Waals surface area contributed by atoms with Crippen LogP contribution in [-0.2, 0) is 6.42 Å². The van der Waals surface area contributed by atoms with E-state index in [9.17, 15) is 4.79 Å². The molecule has 22 heavy (non-hydrogen) atoms. The van der Waals surface area contributed by atoms with Crippen LogP contribution in [0, 0.1) is 6.92 Å². The van der Waals surface area contributed by atoms with Crippen LogP contribution in [0.2, 0.25) is 5.02 Å². The van der Waals surface area contributed by atoms with E-state index in [1.807, 2.05) is 43.3 Å². The van der Waals surface area contributed by atoms with Gasteiger partial charge < -0.3 is 10.3 Å². The maximum atomic E-state index is 12.3. The van der Waals surface area contributed by atoms with E-state index in [2.05, 4.69) is 22.4 Å². The van der Waals surface area contributed by atoms with Crippen LogP contribution in [0.4, 0.5) is 0 Å². The molecule has 2 N–H and O–H groups in total. The van der Waals surface area contributed by atoms with Crippen LogP contribution in [0.1, 0.15) is 21.6 Å². The maximum Gasteiger partial charge on any atom is 0.268 e. The van der Waals surface area contributed by atoms with Gasteiger partial charge in [0.2, 0.25) is 0 Å². The largest absolute Gasteiger partial charge is 0.350 e. The van der Waals surface area contributed by atoms with Gasteiger partial charge in [0.1, 0.15) is 5.69 Å². The van der Waals surface area contributed by atoms with Gasteiger partial charge in [-0.3, -0.25) is 4.79 Å². The number of carbonyl (C=O) groups excluding carboxylic acids is 1. The average molecular weight is 313 g/mol. The summed E-state index contributed by atoms with van der Waals surface area (Å²) in [5, 5.41) is 4.64. The number of carbonyl (C=O) groups is 1. The van der Waals surface area contributed by atoms with E-state index in [1.165, 1.54) is 5.56 Å². The van der Waals surface area contributed by atoms with Crippen molar-refractivity contribution in [2.24, 2.45) is 0 Å². The molecule has 0 aliphatic heterocycles. The quantitative estimate of drug-likeness (QED) is 0.748. The molecule has 3 nitrogen and oxygen atoms in total. The van der Waals surface area contributed by atoms with Crippen molar-refractivity contribution < 1.29 is 4.79 Å². The number of aromatic nitrogens is 1. The van der Waals surface area contributed by atoms with Crippen LogP contribution in [0.5, 0.6) is 0 Å². The molecule has 0 atom stereocenters. The van der Waals surface area contributed by atoms with Crippen molar-refractivity contribution in [3.05, 3.63) is 70.4 Å². The summed E-state index contributed by atoms with van der Waals surface area (Å²) in [4.78, 5) is 15.5. The van der Waals surface area contributed by atoms with Gasteiger partial charge in [-0.1, -0.05) is 48.0 Å². The molecule has 1 heterocycles. The highest BCUT2D eigenvalue weighted by Crippen LogP contribution is 2.24. The minimum Gasteiger partial charge on any atom is -0.350 e. The highest BCUT2D eigenvalue weighted by molar-refractivity contribution is 6.31. The molecule has 0 saturated carbocycles. The van der Waals surface area contributed by atoms with Gasteiger partial charge in [-0.05, 0) is 36.6 Å². The first kappa shape index (κ1) is 14.7. The van der Waals surface area contributed by atoms with E-state index < -0.39 is 0 Å². The summed E-state index contributed by atoms with van der Waals surface area (Å²) in [7, 11) is 0. The first-order chi connectivity index (χ1) is 10.6. The van der Waals surface area contributed by atoms with Crippen LogP contribution in [-0.4, -0.2) is 17.4 Å². The van der Waals surface area contributed by atoms with Gasteiger partial charge >= 0.3 is 0 Å². The molecule has 1 aromatic heterocycles. The second kappa shape index (κ2) is 6.24. The molecule has 0 unspecified atom stereocenters. The molecule has 0 saturated heterocycles. The Morgan fingerprint density at radius 3 is 2.73 bits per heavy atom. The van der Waals surface area contributed by atoms with Crippen LogP contribution >= 0.6 is 11.6 Å². The summed E-state index contributed by atoms with van der Waals surface area (Å²) in [6.45, 7) is 2.55. The molecule has 3 rings (SSSR count). The molecule has 0 spiro atoms. The lowest BCUT2D eigenvalue weighted by molar-refractivity contribution is 0.0949. The minimum absolute atomic E-state index is 0.0826. The van der Waals surface area contributed by atoms with Crippen LogP contribution in [0.3, 0.4) is 0 Å². The van der Waals surface area contributed by atoms with Gasteiger partial charge in [-0.2, -0.15) is 0 Å². The van der Waals surface area contributed by atoms with Crippen molar-refractivity contribution in [2.45, 2.75) is 13.3 Å². The first-order valence-electron chi connectivity index (χ1n) is 7.25. The molecule has 0 aliphatic rings. The third kappa shape index (κ3) is 3.00. The Hall–Kier alpha value is -2.26. The fourth-order valence-corrected chi connectivity index (χ4v) is 2.76. The number of hydrogen-bond acceptors (Lipinski definition) is 1. The molecule has 0 aliphatic carbocycles. The topological polar surface area (TPSA) is 44.9 Å². The molecule has 4 heteroatoms. The monoisotopic (exact) mass is 312 g/mol. The Morgan fingerprint density at radius 2 is 1.95 bits per heavy atom. The molecule has 0 radical (unpaired) electrons. The maximum absolute atomic E-state index is 12.3. The number of benzene rings is 2. The van der Waals surface area contributed by atoms with E-state index >= 15 is 0 Å². The van der Waals surface area contributed by atoms with E-state index in [0.717, 1.165) is 22.9 Å². The number of H-pyrrole nitrogens is 1. The molecule has 0 fully saturated rings. The molecule has 112 valence electrons. The zero-order valence-electron chi connectivity index (χ0n) is 12.3. The number of aromatic amines is 1. The Labute approximate surface area is 134 Å². The predicted molar refractivity (Wildman–Crippen MR) is 90.5 cm³/mol. The lowest BCUT2D eigenvalue weighted by atomic mass is 10.1. The lowest BCUT2D eigenvalue weighted by Gasteiger charge is -2.05. The van der Waals surface area contributed by atoms with Gasteiger partial charge in [-0.25, -0.2) is 0 Å². The number of halogens is 1. The zero-order valence-corrected chi connectivity index (χ0v) is 13.1. The summed E-state index contributed by atoms with van der Waals surface area (Å²) in [6.07, 6.45) is 0.817. The second-order valence-electron chi connectivity index (χ2n) is 5.31. The zero-order chi connectivity index (χ0) is 15.5. The van der Waals surface area contributed by atoms with Crippen molar-refractivity contribution in [1.29, 1.82) is 0 Å². The highest BCUT2D eigenvalue weighted by Gasteiger charge is 2.14. The van der Waals surface area contributed by atoms with E-state index in [1.54, 1.807) is 0 Å². The second-order valence-corrected chi connectivity index (χ2v) is 5.74. The highest BCUT2D eigenvalue weighted by atomic mass is 35.5. The number of rotatable bonds is 4. The normalized spacial score (nSPS) is 10.8. The number of nitrogens with one attached hydrogen (secondary N) is 2. The molecular weight excluding hydrogens is 296 g/mol. The molecule has 2 aromatic carbocycles. The summed E-state index contributed by atoms with van der Waals surface area (Å²) in [5.41, 5.74) is 3.65. The lowest BCUT2D eigenvalue weighted by Crippen LogP contribution is -2.26. The number of fused-ring (bicyclic) bond motifs is 1. The van der Waals surface area contributed by atoms with Crippen molar-refractivity contribution >= 4 is 28.4 Å². The molecule has 3 aromatic rings. The van der Waals surface area contributed by atoms with Crippen LogP contribution in [0.25, 0.3) is 10.9 Å². The Bertz CT molecular complexity index is 809. The minimum atomic E-state index is -0.0826. The third-order valence-electron chi connectivity index (χ3n) is 3.79. The number of amides is 1. The van der Waals surface area contributed by atoms with Gasteiger partial charge in [0.25, 0.3) is 5.91 Å². The number of aryl methyl sites for hydroxylation is 1. The Kier molecular flexibility index (Phi) is 4.16. The van der Waals surface area contributed by atoms with E-state index in [0.29, 0.717) is 17.3 Å². The predicted octanol–water partition coefficient (Wildman–Crippen LogP) is 4.10. The molecule has 1 amide bonds. The van der Waals surface area contributed by atoms with Gasteiger partial charge in [0.05, 0.1) is 0 Å². The van der Waals surface area contributed by atoms with Crippen molar-refractivity contribution in [3.63, 3.8) is 0 Å². The smallest absolute Gasteiger partial charge is 0.268 e. The fourth-order valence-electron chi connectivity index (χ4n) is 2.59. The van der Waals surface area contributed by atoms with Crippen molar-refractivity contribution in [1.82, 2.24) is 10.3 Å². The molecular formula is C18H17ClN2O. The Morgan fingerprint density at radius 1 is 1.18 bits per heavy atom.